The van der Waals surface area contributed by atoms with Gasteiger partial charge in [-0.15, -0.1) is 0 Å². The van der Waals surface area contributed by atoms with E-state index in [4.69, 9.17) is 9.47 Å². The molecule has 1 aliphatic heterocycles. The van der Waals surface area contributed by atoms with Crippen LogP contribution in [0.3, 0.4) is 0 Å². The average molecular weight is 289 g/mol. The molecule has 3 rings (SSSR count). The number of benzene rings is 1. The molecule has 1 N–H and O–H groups in total. The summed E-state index contributed by atoms with van der Waals surface area (Å²) in [5.41, 5.74) is 2.44. The fraction of sp³-hybridized carbons (Fsp3) is 0.667. The summed E-state index contributed by atoms with van der Waals surface area (Å²) >= 11 is 0. The Balaban J connectivity index is 1.63. The molecule has 1 saturated heterocycles. The van der Waals surface area contributed by atoms with Crippen molar-refractivity contribution in [2.24, 2.45) is 5.92 Å². The predicted octanol–water partition coefficient (Wildman–Crippen LogP) is 3.61. The zero-order valence-corrected chi connectivity index (χ0v) is 13.2. The van der Waals surface area contributed by atoms with Crippen LogP contribution in [0.5, 0.6) is 5.75 Å². The number of hydrogen-bond donors (Lipinski definition) is 1. The quantitative estimate of drug-likeness (QED) is 0.918. The predicted molar refractivity (Wildman–Crippen MR) is 84.8 cm³/mol. The Morgan fingerprint density at radius 2 is 2.05 bits per heavy atom. The number of ether oxygens (including phenoxy) is 2. The largest absolute Gasteiger partial charge is 0.496 e. The maximum Gasteiger partial charge on any atom is 0.121 e. The first-order valence-electron chi connectivity index (χ1n) is 8.27. The van der Waals surface area contributed by atoms with Gasteiger partial charge in [0.15, 0.2) is 0 Å². The van der Waals surface area contributed by atoms with Gasteiger partial charge in [-0.3, -0.25) is 0 Å². The van der Waals surface area contributed by atoms with E-state index < -0.39 is 0 Å². The third-order valence-electron chi connectivity index (χ3n) is 4.92. The number of nitrogens with one attached hydrogen (secondary N) is 1. The van der Waals surface area contributed by atoms with Crippen molar-refractivity contribution >= 4 is 0 Å². The minimum absolute atomic E-state index is 0.176. The van der Waals surface area contributed by atoms with E-state index >= 15 is 0 Å². The Hall–Kier alpha value is -1.06. The van der Waals surface area contributed by atoms with Crippen molar-refractivity contribution in [3.63, 3.8) is 0 Å². The van der Waals surface area contributed by atoms with Crippen molar-refractivity contribution in [1.29, 1.82) is 0 Å². The van der Waals surface area contributed by atoms with Gasteiger partial charge < -0.3 is 14.8 Å². The van der Waals surface area contributed by atoms with Crippen molar-refractivity contribution < 1.29 is 9.47 Å². The van der Waals surface area contributed by atoms with Crippen molar-refractivity contribution in [2.75, 3.05) is 20.2 Å². The summed E-state index contributed by atoms with van der Waals surface area (Å²) in [6.07, 6.45) is 7.37. The summed E-state index contributed by atoms with van der Waals surface area (Å²) in [5.74, 6) is 1.83. The maximum absolute atomic E-state index is 6.36. The molecular formula is C18H27NO2. The molecule has 3 heteroatoms. The van der Waals surface area contributed by atoms with Crippen LogP contribution in [-0.4, -0.2) is 26.3 Å². The third kappa shape index (κ3) is 3.58. The van der Waals surface area contributed by atoms with Crippen LogP contribution in [0.4, 0.5) is 0 Å². The molecule has 1 aromatic rings. The van der Waals surface area contributed by atoms with Crippen LogP contribution in [0.25, 0.3) is 0 Å². The molecule has 2 unspecified atom stereocenters. The van der Waals surface area contributed by atoms with Crippen LogP contribution in [0.15, 0.2) is 18.2 Å². The van der Waals surface area contributed by atoms with Crippen molar-refractivity contribution in [3.05, 3.63) is 29.3 Å². The molecular weight excluding hydrogens is 262 g/mol. The highest BCUT2D eigenvalue weighted by atomic mass is 16.5. The molecule has 0 bridgehead atoms. The topological polar surface area (TPSA) is 30.5 Å². The van der Waals surface area contributed by atoms with E-state index in [9.17, 15) is 0 Å². The summed E-state index contributed by atoms with van der Waals surface area (Å²) in [5, 5.41) is 3.55. The number of methoxy groups -OCH3 is 1. The van der Waals surface area contributed by atoms with Gasteiger partial charge >= 0.3 is 0 Å². The highest BCUT2D eigenvalue weighted by Gasteiger charge is 2.27. The molecule has 0 aromatic heterocycles. The lowest BCUT2D eigenvalue weighted by atomic mass is 9.98. The van der Waals surface area contributed by atoms with Crippen molar-refractivity contribution in [2.45, 2.75) is 51.2 Å². The van der Waals surface area contributed by atoms with E-state index in [1.54, 1.807) is 7.11 Å². The number of hydrogen-bond acceptors (Lipinski definition) is 3. The smallest absolute Gasteiger partial charge is 0.121 e. The molecule has 0 spiro atoms. The zero-order valence-electron chi connectivity index (χ0n) is 13.2. The van der Waals surface area contributed by atoms with Crippen LogP contribution in [0.2, 0.25) is 0 Å². The highest BCUT2D eigenvalue weighted by molar-refractivity contribution is 5.37. The standard InChI is InChI=1S/C18H27NO2/c1-13-9-15(7-8-17(13)20-2)18-12-19-11-16(21-18)10-14-5-3-4-6-14/h7-9,14,16,18-19H,3-6,10-12H2,1-2H3. The summed E-state index contributed by atoms with van der Waals surface area (Å²) in [6.45, 7) is 4.00. The second-order valence-electron chi connectivity index (χ2n) is 6.52. The Kier molecular flexibility index (Phi) is 4.81. The second kappa shape index (κ2) is 6.80. The van der Waals surface area contributed by atoms with Crippen LogP contribution in [-0.2, 0) is 4.74 Å². The lowest BCUT2D eigenvalue weighted by Crippen LogP contribution is -2.41. The fourth-order valence-electron chi connectivity index (χ4n) is 3.76. The van der Waals surface area contributed by atoms with Gasteiger partial charge in [-0.1, -0.05) is 31.7 Å². The van der Waals surface area contributed by atoms with E-state index in [0.717, 1.165) is 24.8 Å². The molecule has 21 heavy (non-hydrogen) atoms. The van der Waals surface area contributed by atoms with Crippen molar-refractivity contribution in [1.82, 2.24) is 5.32 Å². The van der Waals surface area contributed by atoms with E-state index in [2.05, 4.69) is 30.4 Å². The Morgan fingerprint density at radius 1 is 1.24 bits per heavy atom. The number of morpholine rings is 1. The van der Waals surface area contributed by atoms with Gasteiger partial charge in [0.25, 0.3) is 0 Å². The van der Waals surface area contributed by atoms with E-state index in [1.165, 1.54) is 43.2 Å². The molecule has 1 aromatic carbocycles. The molecule has 1 heterocycles. The molecule has 3 nitrogen and oxygen atoms in total. The van der Waals surface area contributed by atoms with Gasteiger partial charge in [0.2, 0.25) is 0 Å². The second-order valence-corrected chi connectivity index (χ2v) is 6.52. The number of aryl methyl sites for hydroxylation is 1. The summed E-state index contributed by atoms with van der Waals surface area (Å²) in [7, 11) is 1.72. The maximum atomic E-state index is 6.36. The molecule has 1 aliphatic carbocycles. The molecule has 2 aliphatic rings. The van der Waals surface area contributed by atoms with E-state index in [1.807, 2.05) is 0 Å². The first kappa shape index (κ1) is 14.9. The van der Waals surface area contributed by atoms with E-state index in [-0.39, 0.29) is 6.10 Å². The molecule has 2 atom stereocenters. The first-order chi connectivity index (χ1) is 10.3. The van der Waals surface area contributed by atoms with Crippen molar-refractivity contribution in [3.8, 4) is 5.75 Å². The Bertz CT molecular complexity index is 468. The monoisotopic (exact) mass is 289 g/mol. The highest BCUT2D eigenvalue weighted by Crippen LogP contribution is 2.32. The summed E-state index contributed by atoms with van der Waals surface area (Å²) in [4.78, 5) is 0. The fourth-order valence-corrected chi connectivity index (χ4v) is 3.76. The van der Waals surface area contributed by atoms with Crippen LogP contribution >= 0.6 is 0 Å². The minimum atomic E-state index is 0.176. The third-order valence-corrected chi connectivity index (χ3v) is 4.92. The lowest BCUT2D eigenvalue weighted by molar-refractivity contribution is -0.0489. The SMILES string of the molecule is COc1ccc(C2CNCC(CC3CCCC3)O2)cc1C. The van der Waals surface area contributed by atoms with Gasteiger partial charge in [-0.25, -0.2) is 0 Å². The van der Waals surface area contributed by atoms with Gasteiger partial charge in [-0.05, 0) is 42.5 Å². The first-order valence-corrected chi connectivity index (χ1v) is 8.27. The average Bonchev–Trinajstić information content (AvgIpc) is 3.00. The normalized spacial score (nSPS) is 27.0. The number of rotatable bonds is 4. The van der Waals surface area contributed by atoms with Crippen LogP contribution in [0, 0.1) is 12.8 Å². The summed E-state index contributed by atoms with van der Waals surface area (Å²) < 4.78 is 11.7. The Labute approximate surface area is 128 Å². The van der Waals surface area contributed by atoms with Crippen LogP contribution < -0.4 is 10.1 Å². The van der Waals surface area contributed by atoms with Gasteiger partial charge in [0, 0.05) is 13.1 Å². The molecule has 116 valence electrons. The molecule has 2 fully saturated rings. The zero-order chi connectivity index (χ0) is 14.7. The van der Waals surface area contributed by atoms with Gasteiger partial charge in [-0.2, -0.15) is 0 Å². The van der Waals surface area contributed by atoms with E-state index in [0.29, 0.717) is 6.10 Å². The van der Waals surface area contributed by atoms with Gasteiger partial charge in [0.1, 0.15) is 5.75 Å². The Morgan fingerprint density at radius 3 is 2.76 bits per heavy atom. The molecule has 1 saturated carbocycles. The molecule has 0 amide bonds. The molecule has 0 radical (unpaired) electrons. The minimum Gasteiger partial charge on any atom is -0.496 e. The lowest BCUT2D eigenvalue weighted by Gasteiger charge is -2.32. The summed E-state index contributed by atoms with van der Waals surface area (Å²) in [6, 6.07) is 6.38. The van der Waals surface area contributed by atoms with Crippen LogP contribution in [0.1, 0.15) is 49.3 Å². The van der Waals surface area contributed by atoms with Gasteiger partial charge in [0.05, 0.1) is 19.3 Å².